The van der Waals surface area contributed by atoms with E-state index in [1.54, 1.807) is 12.1 Å². The average molecular weight is 306 g/mol. The van der Waals surface area contributed by atoms with Crippen molar-refractivity contribution < 1.29 is 9.18 Å². The van der Waals surface area contributed by atoms with Crippen LogP contribution in [-0.2, 0) is 0 Å². The third-order valence-corrected chi connectivity index (χ3v) is 3.11. The third-order valence-electron chi connectivity index (χ3n) is 3.11. The molecule has 0 aliphatic heterocycles. The summed E-state index contributed by atoms with van der Waals surface area (Å²) in [6, 6.07) is 5.67. The second-order valence-corrected chi connectivity index (χ2v) is 6.37. The molecule has 2 aromatic rings. The van der Waals surface area contributed by atoms with E-state index in [-0.39, 0.29) is 23.1 Å². The van der Waals surface area contributed by atoms with Gasteiger partial charge >= 0.3 is 5.69 Å². The van der Waals surface area contributed by atoms with E-state index in [4.69, 9.17) is 0 Å². The summed E-state index contributed by atoms with van der Waals surface area (Å²) < 4.78 is 13.1. The second-order valence-electron chi connectivity index (χ2n) is 6.37. The molecular formula is C15H19FN4O2. The van der Waals surface area contributed by atoms with Gasteiger partial charge in [0.25, 0.3) is 5.91 Å². The van der Waals surface area contributed by atoms with E-state index in [1.807, 2.05) is 20.8 Å². The van der Waals surface area contributed by atoms with E-state index in [0.717, 1.165) is 5.56 Å². The number of nitrogens with zero attached hydrogens (tertiary/aromatic N) is 1. The Hall–Kier alpha value is -2.44. The molecule has 3 N–H and O–H groups in total. The van der Waals surface area contributed by atoms with Crippen LogP contribution in [0.3, 0.4) is 0 Å². The number of benzene rings is 1. The van der Waals surface area contributed by atoms with Crippen molar-refractivity contribution in [2.75, 3.05) is 0 Å². The van der Waals surface area contributed by atoms with Crippen molar-refractivity contribution in [3.05, 3.63) is 52.0 Å². The summed E-state index contributed by atoms with van der Waals surface area (Å²) in [5.74, 6) is -0.899. The first kappa shape index (κ1) is 15.9. The topological polar surface area (TPSA) is 90.6 Å². The Morgan fingerprint density at radius 1 is 1.32 bits per heavy atom. The van der Waals surface area contributed by atoms with E-state index in [0.29, 0.717) is 6.42 Å². The van der Waals surface area contributed by atoms with Crippen LogP contribution in [0.25, 0.3) is 0 Å². The van der Waals surface area contributed by atoms with Gasteiger partial charge in [0.2, 0.25) is 5.82 Å². The molecule has 2 rings (SSSR count). The first-order valence-corrected chi connectivity index (χ1v) is 6.95. The highest BCUT2D eigenvalue weighted by molar-refractivity contribution is 5.90. The molecule has 1 aromatic carbocycles. The Morgan fingerprint density at radius 2 is 1.95 bits per heavy atom. The van der Waals surface area contributed by atoms with Crippen molar-refractivity contribution in [2.45, 2.75) is 33.2 Å². The Kier molecular flexibility index (Phi) is 4.44. The normalized spacial score (nSPS) is 12.9. The highest BCUT2D eigenvalue weighted by Gasteiger charge is 2.23. The first-order chi connectivity index (χ1) is 10.2. The summed E-state index contributed by atoms with van der Waals surface area (Å²) in [5.41, 5.74) is 0.201. The summed E-state index contributed by atoms with van der Waals surface area (Å²) in [7, 11) is 0. The molecule has 1 aromatic heterocycles. The van der Waals surface area contributed by atoms with Gasteiger partial charge in [-0.05, 0) is 29.5 Å². The van der Waals surface area contributed by atoms with E-state index in [9.17, 15) is 14.0 Å². The van der Waals surface area contributed by atoms with Gasteiger partial charge in [-0.25, -0.2) is 14.3 Å². The maximum atomic E-state index is 13.1. The zero-order valence-electron chi connectivity index (χ0n) is 12.7. The number of hydrogen-bond donors (Lipinski definition) is 3. The van der Waals surface area contributed by atoms with Crippen molar-refractivity contribution >= 4 is 5.91 Å². The van der Waals surface area contributed by atoms with Gasteiger partial charge in [0, 0.05) is 0 Å². The zero-order chi connectivity index (χ0) is 16.3. The van der Waals surface area contributed by atoms with Crippen LogP contribution in [0.15, 0.2) is 29.1 Å². The molecule has 0 aliphatic rings. The molecule has 0 aliphatic carbocycles. The van der Waals surface area contributed by atoms with Crippen molar-refractivity contribution in [3.8, 4) is 0 Å². The molecule has 0 unspecified atom stereocenters. The van der Waals surface area contributed by atoms with Crippen molar-refractivity contribution in [1.29, 1.82) is 0 Å². The quantitative estimate of drug-likeness (QED) is 0.808. The summed E-state index contributed by atoms with van der Waals surface area (Å²) in [6.07, 6.45) is 0.652. The van der Waals surface area contributed by atoms with Crippen molar-refractivity contribution in [3.63, 3.8) is 0 Å². The van der Waals surface area contributed by atoms with Gasteiger partial charge in [-0.15, -0.1) is 5.10 Å². The molecule has 0 saturated heterocycles. The van der Waals surface area contributed by atoms with E-state index < -0.39 is 11.6 Å². The number of halogens is 1. The van der Waals surface area contributed by atoms with Crippen LogP contribution in [0.4, 0.5) is 4.39 Å². The number of nitrogens with one attached hydrogen (secondary N) is 3. The zero-order valence-corrected chi connectivity index (χ0v) is 12.7. The van der Waals surface area contributed by atoms with Crippen molar-refractivity contribution in [2.24, 2.45) is 5.41 Å². The van der Waals surface area contributed by atoms with Crippen molar-refractivity contribution in [1.82, 2.24) is 20.5 Å². The summed E-state index contributed by atoms with van der Waals surface area (Å²) in [5, 5.41) is 8.58. The van der Waals surface area contributed by atoms with Crippen LogP contribution in [0.1, 0.15) is 49.4 Å². The summed E-state index contributed by atoms with van der Waals surface area (Å²) >= 11 is 0. The fourth-order valence-corrected chi connectivity index (χ4v) is 2.16. The highest BCUT2D eigenvalue weighted by atomic mass is 19.1. The average Bonchev–Trinajstić information content (AvgIpc) is 2.84. The lowest BCUT2D eigenvalue weighted by Gasteiger charge is -2.27. The molecule has 0 radical (unpaired) electrons. The smallest absolute Gasteiger partial charge is 0.341 e. The van der Waals surface area contributed by atoms with Crippen LogP contribution in [0, 0.1) is 11.2 Å². The van der Waals surface area contributed by atoms with Crippen LogP contribution in [-0.4, -0.2) is 21.1 Å². The van der Waals surface area contributed by atoms with E-state index in [2.05, 4.69) is 20.5 Å². The highest BCUT2D eigenvalue weighted by Crippen LogP contribution is 2.29. The molecule has 1 amide bonds. The number of aromatic nitrogens is 3. The fraction of sp³-hybridized carbons (Fsp3) is 0.400. The minimum absolute atomic E-state index is 0.0503. The molecule has 7 heteroatoms. The maximum absolute atomic E-state index is 13.1. The van der Waals surface area contributed by atoms with Gasteiger partial charge in [-0.3, -0.25) is 9.78 Å². The van der Waals surface area contributed by atoms with Gasteiger partial charge < -0.3 is 5.32 Å². The lowest BCUT2D eigenvalue weighted by molar-refractivity contribution is 0.0916. The first-order valence-electron chi connectivity index (χ1n) is 6.95. The van der Waals surface area contributed by atoms with Gasteiger partial charge in [0.1, 0.15) is 5.82 Å². The third kappa shape index (κ3) is 4.28. The molecule has 0 fully saturated rings. The second kappa shape index (κ2) is 6.13. The molecule has 22 heavy (non-hydrogen) atoms. The van der Waals surface area contributed by atoms with Crippen LogP contribution >= 0.6 is 0 Å². The molecule has 0 saturated carbocycles. The molecule has 118 valence electrons. The van der Waals surface area contributed by atoms with Gasteiger partial charge in [0.05, 0.1) is 6.04 Å². The van der Waals surface area contributed by atoms with E-state index >= 15 is 0 Å². The maximum Gasteiger partial charge on any atom is 0.341 e. The van der Waals surface area contributed by atoms with Crippen LogP contribution < -0.4 is 11.0 Å². The minimum Gasteiger partial charge on any atom is -0.342 e. The fourth-order valence-electron chi connectivity index (χ4n) is 2.16. The monoisotopic (exact) mass is 306 g/mol. The predicted molar refractivity (Wildman–Crippen MR) is 79.9 cm³/mol. The Balaban J connectivity index is 2.22. The van der Waals surface area contributed by atoms with Gasteiger partial charge in [-0.1, -0.05) is 32.9 Å². The number of carbonyl (C=O) groups excluding carboxylic acids is 1. The molecule has 1 heterocycles. The van der Waals surface area contributed by atoms with Crippen LogP contribution in [0.5, 0.6) is 0 Å². The van der Waals surface area contributed by atoms with Crippen LogP contribution in [0.2, 0.25) is 0 Å². The number of rotatable bonds is 4. The Labute approximate surface area is 127 Å². The van der Waals surface area contributed by atoms with Gasteiger partial charge in [-0.2, -0.15) is 0 Å². The number of hydrogen-bond acceptors (Lipinski definition) is 3. The minimum atomic E-state index is -0.542. The molecular weight excluding hydrogens is 287 g/mol. The largest absolute Gasteiger partial charge is 0.342 e. The Morgan fingerprint density at radius 3 is 2.45 bits per heavy atom. The summed E-state index contributed by atoms with van der Waals surface area (Å²) in [6.45, 7) is 6.14. The van der Waals surface area contributed by atoms with E-state index in [1.165, 1.54) is 12.1 Å². The lowest BCUT2D eigenvalue weighted by Crippen LogP contribution is -2.32. The molecule has 0 spiro atoms. The molecule has 0 bridgehead atoms. The number of aromatic amines is 2. The summed E-state index contributed by atoms with van der Waals surface area (Å²) in [4.78, 5) is 25.5. The molecule has 6 nitrogen and oxygen atoms in total. The lowest BCUT2D eigenvalue weighted by atomic mass is 9.85. The number of carbonyl (C=O) groups is 1. The number of amides is 1. The Bertz CT molecular complexity index is 697. The van der Waals surface area contributed by atoms with Gasteiger partial charge in [0.15, 0.2) is 0 Å². The SMILES string of the molecule is CC(C)(C)C[C@@H](NC(=O)c1n[nH]c(=O)[nH]1)c1ccc(F)cc1. The number of H-pyrrole nitrogens is 2. The molecule has 1 atom stereocenters. The predicted octanol–water partition coefficient (Wildman–Crippen LogP) is 2.14. The standard InChI is InChI=1S/C15H19FN4O2/c1-15(2,3)8-11(9-4-6-10(16)7-5-9)17-13(21)12-18-14(22)20-19-12/h4-7,11H,8H2,1-3H3,(H,17,21)(H2,18,19,20,22)/t11-/m1/s1.